The Morgan fingerprint density at radius 1 is 0.257 bits per heavy atom. The Hall–Kier alpha value is -1.94. The number of unbranched alkanes of at least 4 members (excludes halogenated alkanes) is 55. The van der Waals surface area contributed by atoms with E-state index < -0.39 is 97.5 Å². The molecule has 0 saturated heterocycles. The second-order valence-corrected chi connectivity index (χ2v) is 34.8. The molecule has 0 fully saturated rings. The van der Waals surface area contributed by atoms with Crippen molar-refractivity contribution in [3.63, 3.8) is 0 Å². The van der Waals surface area contributed by atoms with Gasteiger partial charge in [-0.1, -0.05) is 408 Å². The molecular formula is C86H168O17P2. The molecule has 0 aromatic heterocycles. The first-order valence-electron chi connectivity index (χ1n) is 44.5. The SMILES string of the molecule is CCCCCCCCCCCCCCCCCCCCCCCCC(=O)O[C@H](COC(=O)CCCCCCCCCCCCCCCCCC(C)C)COP(=O)(O)OC[C@@H](O)COP(=O)(O)OC[C@@H](COC(=O)CCCCCCCCCC(C)C)OC(=O)CCCCCCCCCCCCCCCCC. The minimum Gasteiger partial charge on any atom is -0.462 e. The number of carbonyl (C=O) groups is 4. The summed E-state index contributed by atoms with van der Waals surface area (Å²) in [7, 11) is -9.93. The summed E-state index contributed by atoms with van der Waals surface area (Å²) in [5.74, 6) is -0.592. The number of hydrogen-bond donors (Lipinski definition) is 3. The molecule has 0 aromatic carbocycles. The molecule has 2 unspecified atom stereocenters. The predicted octanol–water partition coefficient (Wildman–Crippen LogP) is 26.2. The first-order chi connectivity index (χ1) is 50.9. The molecular weight excluding hydrogens is 1370 g/mol. The average Bonchev–Trinajstić information content (AvgIpc) is 0.915. The van der Waals surface area contributed by atoms with Crippen molar-refractivity contribution >= 4 is 39.5 Å². The Morgan fingerprint density at radius 3 is 0.648 bits per heavy atom. The molecule has 0 spiro atoms. The Bertz CT molecular complexity index is 2010. The van der Waals surface area contributed by atoms with Crippen molar-refractivity contribution < 1.29 is 80.2 Å². The fraction of sp³-hybridized carbons (Fsp3) is 0.953. The maximum Gasteiger partial charge on any atom is 0.472 e. The zero-order chi connectivity index (χ0) is 77.1. The standard InChI is InChI=1S/C86H168O17P2/c1-7-9-11-13-15-17-19-21-23-24-25-26-27-28-29-33-38-42-46-52-59-65-71-85(90)102-81(74-96-83(88)68-62-56-50-44-40-36-34-30-32-35-39-43-48-54-60-66-78(3)4)76-100-104(92,93)98-72-80(87)73-99-105(94,95)101-77-82(75-97-84(89)69-63-57-53-47-49-55-61-67-79(5)6)103-86(91)70-64-58-51-45-41-37-31-22-20-18-16-14-12-10-8-2/h78-82,87H,7-77H2,1-6H3,(H,92,93)(H,94,95)/t80-,81-,82-/m1/s1. The molecule has 0 rings (SSSR count). The van der Waals surface area contributed by atoms with Crippen molar-refractivity contribution in [1.29, 1.82) is 0 Å². The largest absolute Gasteiger partial charge is 0.472 e. The third-order valence-corrected chi connectivity index (χ3v) is 22.1. The highest BCUT2D eigenvalue weighted by Crippen LogP contribution is 2.45. The van der Waals surface area contributed by atoms with E-state index in [4.69, 9.17) is 37.0 Å². The van der Waals surface area contributed by atoms with Crippen LogP contribution in [0.1, 0.15) is 459 Å². The van der Waals surface area contributed by atoms with Crippen molar-refractivity contribution in [2.45, 2.75) is 477 Å². The number of phosphoric ester groups is 2. The third kappa shape index (κ3) is 79.9. The molecule has 105 heavy (non-hydrogen) atoms. The van der Waals surface area contributed by atoms with Crippen LogP contribution in [-0.4, -0.2) is 96.7 Å². The minimum atomic E-state index is -4.97. The van der Waals surface area contributed by atoms with Crippen LogP contribution in [-0.2, 0) is 65.4 Å². The van der Waals surface area contributed by atoms with Gasteiger partial charge in [-0.15, -0.1) is 0 Å². The third-order valence-electron chi connectivity index (χ3n) is 20.2. The van der Waals surface area contributed by atoms with Crippen LogP contribution in [0.3, 0.4) is 0 Å². The Morgan fingerprint density at radius 2 is 0.438 bits per heavy atom. The Labute approximate surface area is 645 Å². The summed E-state index contributed by atoms with van der Waals surface area (Å²) in [6.07, 6.45) is 69.6. The molecule has 0 saturated carbocycles. The molecule has 0 bridgehead atoms. The first-order valence-corrected chi connectivity index (χ1v) is 47.5. The van der Waals surface area contributed by atoms with E-state index in [1.165, 1.54) is 270 Å². The number of aliphatic hydroxyl groups excluding tert-OH is 1. The number of carbonyl (C=O) groups excluding carboxylic acids is 4. The molecule has 0 aliphatic carbocycles. The number of hydrogen-bond acceptors (Lipinski definition) is 15. The summed E-state index contributed by atoms with van der Waals surface area (Å²) >= 11 is 0. The normalized spacial score (nSPS) is 13.8. The molecule has 624 valence electrons. The molecule has 5 atom stereocenters. The van der Waals surface area contributed by atoms with Crippen LogP contribution in [0.4, 0.5) is 0 Å². The maximum atomic E-state index is 13.1. The molecule has 0 aliphatic rings. The molecule has 0 aromatic rings. The topological polar surface area (TPSA) is 237 Å². The van der Waals surface area contributed by atoms with Crippen molar-refractivity contribution in [1.82, 2.24) is 0 Å². The highest BCUT2D eigenvalue weighted by molar-refractivity contribution is 7.47. The van der Waals surface area contributed by atoms with Gasteiger partial charge < -0.3 is 33.8 Å². The minimum absolute atomic E-state index is 0.108. The van der Waals surface area contributed by atoms with E-state index in [0.29, 0.717) is 31.6 Å². The summed E-state index contributed by atoms with van der Waals surface area (Å²) in [6.45, 7) is 9.64. The van der Waals surface area contributed by atoms with Crippen molar-refractivity contribution in [2.75, 3.05) is 39.6 Å². The molecule has 0 aliphatic heterocycles. The van der Waals surface area contributed by atoms with Crippen molar-refractivity contribution in [2.24, 2.45) is 11.8 Å². The molecule has 19 heteroatoms. The van der Waals surface area contributed by atoms with Crippen LogP contribution in [0.5, 0.6) is 0 Å². The van der Waals surface area contributed by atoms with Crippen LogP contribution in [0.2, 0.25) is 0 Å². The van der Waals surface area contributed by atoms with E-state index in [1.54, 1.807) is 0 Å². The smallest absolute Gasteiger partial charge is 0.462 e. The fourth-order valence-corrected chi connectivity index (χ4v) is 15.0. The van der Waals surface area contributed by atoms with Gasteiger partial charge in [-0.25, -0.2) is 9.13 Å². The van der Waals surface area contributed by atoms with Gasteiger partial charge >= 0.3 is 39.5 Å². The predicted molar refractivity (Wildman–Crippen MR) is 432 cm³/mol. The summed E-state index contributed by atoms with van der Waals surface area (Å²) < 4.78 is 68.9. The fourth-order valence-electron chi connectivity index (χ4n) is 13.4. The summed E-state index contributed by atoms with van der Waals surface area (Å²) in [6, 6.07) is 0. The van der Waals surface area contributed by atoms with Gasteiger partial charge in [-0.05, 0) is 37.5 Å². The quantitative estimate of drug-likeness (QED) is 0.0222. The van der Waals surface area contributed by atoms with Crippen molar-refractivity contribution in [3.05, 3.63) is 0 Å². The van der Waals surface area contributed by atoms with E-state index in [2.05, 4.69) is 41.5 Å². The molecule has 3 N–H and O–H groups in total. The number of ether oxygens (including phenoxy) is 4. The lowest BCUT2D eigenvalue weighted by atomic mass is 10.0. The molecule has 17 nitrogen and oxygen atoms in total. The van der Waals surface area contributed by atoms with Crippen molar-refractivity contribution in [3.8, 4) is 0 Å². The van der Waals surface area contributed by atoms with E-state index >= 15 is 0 Å². The number of aliphatic hydroxyl groups is 1. The summed E-state index contributed by atoms with van der Waals surface area (Å²) in [5, 5.41) is 10.7. The average molecular weight is 1540 g/mol. The van der Waals surface area contributed by atoms with Crippen LogP contribution >= 0.6 is 15.6 Å². The molecule has 0 amide bonds. The van der Waals surface area contributed by atoms with E-state index in [0.717, 1.165) is 102 Å². The van der Waals surface area contributed by atoms with Crippen LogP contribution in [0, 0.1) is 11.8 Å². The second kappa shape index (κ2) is 77.4. The van der Waals surface area contributed by atoms with Gasteiger partial charge in [-0.2, -0.15) is 0 Å². The van der Waals surface area contributed by atoms with E-state index in [1.807, 2.05) is 0 Å². The van der Waals surface area contributed by atoms with Gasteiger partial charge in [0.2, 0.25) is 0 Å². The zero-order valence-electron chi connectivity index (χ0n) is 69.0. The Balaban J connectivity index is 5.22. The lowest BCUT2D eigenvalue weighted by Crippen LogP contribution is -2.30. The lowest BCUT2D eigenvalue weighted by Gasteiger charge is -2.21. The van der Waals surface area contributed by atoms with Gasteiger partial charge in [-0.3, -0.25) is 37.3 Å². The molecule has 0 heterocycles. The van der Waals surface area contributed by atoms with Crippen LogP contribution < -0.4 is 0 Å². The highest BCUT2D eigenvalue weighted by atomic mass is 31.2. The Kier molecular flexibility index (Phi) is 76.0. The lowest BCUT2D eigenvalue weighted by molar-refractivity contribution is -0.161. The van der Waals surface area contributed by atoms with Gasteiger partial charge in [0.1, 0.15) is 19.3 Å². The second-order valence-electron chi connectivity index (χ2n) is 31.9. The van der Waals surface area contributed by atoms with Crippen LogP contribution in [0.25, 0.3) is 0 Å². The summed E-state index contributed by atoms with van der Waals surface area (Å²) in [5.41, 5.74) is 0. The van der Waals surface area contributed by atoms with Gasteiger partial charge in [0.25, 0.3) is 0 Å². The van der Waals surface area contributed by atoms with Crippen LogP contribution in [0.15, 0.2) is 0 Å². The monoisotopic (exact) mass is 1540 g/mol. The molecule has 0 radical (unpaired) electrons. The van der Waals surface area contributed by atoms with E-state index in [9.17, 15) is 43.2 Å². The maximum absolute atomic E-state index is 13.1. The number of rotatable bonds is 85. The van der Waals surface area contributed by atoms with Gasteiger partial charge in [0.05, 0.1) is 26.4 Å². The first kappa shape index (κ1) is 103. The number of esters is 4. The zero-order valence-corrected chi connectivity index (χ0v) is 70.8. The van der Waals surface area contributed by atoms with E-state index in [-0.39, 0.29) is 25.7 Å². The number of phosphoric acid groups is 2. The highest BCUT2D eigenvalue weighted by Gasteiger charge is 2.30. The van der Waals surface area contributed by atoms with Gasteiger partial charge in [0.15, 0.2) is 12.2 Å². The van der Waals surface area contributed by atoms with Gasteiger partial charge in [0, 0.05) is 25.7 Å². The summed E-state index contributed by atoms with van der Waals surface area (Å²) in [4.78, 5) is 73.2.